The molecule has 7 nitrogen and oxygen atoms in total. The fourth-order valence-corrected chi connectivity index (χ4v) is 1.45. The lowest BCUT2D eigenvalue weighted by molar-refractivity contribution is -0.167. The van der Waals surface area contributed by atoms with E-state index in [2.05, 4.69) is 4.98 Å². The second-order valence-corrected chi connectivity index (χ2v) is 6.27. The second kappa shape index (κ2) is 9.64. The molecule has 0 amide bonds. The molecule has 134 valence electrons. The van der Waals surface area contributed by atoms with Gasteiger partial charge in [-0.3, -0.25) is 14.6 Å². The van der Waals surface area contributed by atoms with Crippen molar-refractivity contribution in [2.45, 2.75) is 53.2 Å². The maximum absolute atomic E-state index is 11.3. The Kier molecular flexibility index (Phi) is 8.66. The minimum absolute atomic E-state index is 0.212. The van der Waals surface area contributed by atoms with Crippen LogP contribution in [0.1, 0.15) is 53.3 Å². The normalized spacial score (nSPS) is 11.8. The Morgan fingerprint density at radius 2 is 1.75 bits per heavy atom. The monoisotopic (exact) mass is 339 g/mol. The first-order chi connectivity index (χ1) is 10.9. The van der Waals surface area contributed by atoms with Gasteiger partial charge in [0, 0.05) is 13.1 Å². The van der Waals surface area contributed by atoms with E-state index in [9.17, 15) is 14.4 Å². The molecule has 0 bridgehead atoms. The Bertz CT molecular complexity index is 548. The van der Waals surface area contributed by atoms with Gasteiger partial charge in [0.1, 0.15) is 5.60 Å². The van der Waals surface area contributed by atoms with Crippen molar-refractivity contribution in [1.29, 1.82) is 0 Å². The number of carboxylic acids is 1. The van der Waals surface area contributed by atoms with Crippen molar-refractivity contribution in [2.24, 2.45) is 5.92 Å². The molecule has 0 aliphatic heterocycles. The number of aliphatic carboxylic acids is 1. The maximum atomic E-state index is 11.3. The average molecular weight is 339 g/mol. The molecule has 0 spiro atoms. The number of carboxylic acid groups (broad SMARTS) is 1. The predicted octanol–water partition coefficient (Wildman–Crippen LogP) is 2.75. The summed E-state index contributed by atoms with van der Waals surface area (Å²) >= 11 is 0. The number of ether oxygens (including phenoxy) is 2. The molecule has 1 atom stereocenters. The van der Waals surface area contributed by atoms with Crippen molar-refractivity contribution >= 4 is 17.9 Å². The molecule has 1 aromatic rings. The van der Waals surface area contributed by atoms with E-state index < -0.39 is 18.0 Å². The quantitative estimate of drug-likeness (QED) is 0.841. The SMILES string of the molecule is CC(=O)OC(C)(C)C.CC(C)C(=O)OC(C(=O)O)c1ccccn1. The summed E-state index contributed by atoms with van der Waals surface area (Å²) in [6, 6.07) is 4.81. The van der Waals surface area contributed by atoms with E-state index in [1.54, 1.807) is 26.0 Å². The standard InChI is InChI=1S/C11H13NO4.C6H12O2/c1-7(2)11(15)16-9(10(13)14)8-5-3-4-6-12-8;1-5(7)8-6(2,3)4/h3-7,9H,1-2H3,(H,13,14);1-4H3. The lowest BCUT2D eigenvalue weighted by Gasteiger charge is -2.17. The van der Waals surface area contributed by atoms with Gasteiger partial charge in [-0.25, -0.2) is 4.79 Å². The Morgan fingerprint density at radius 1 is 1.17 bits per heavy atom. The molecule has 1 aromatic heterocycles. The first-order valence-corrected chi connectivity index (χ1v) is 7.48. The fraction of sp³-hybridized carbons (Fsp3) is 0.529. The Hall–Kier alpha value is -2.44. The van der Waals surface area contributed by atoms with Crippen LogP contribution in [0.15, 0.2) is 24.4 Å². The number of hydrogen-bond donors (Lipinski definition) is 1. The van der Waals surface area contributed by atoms with E-state index in [-0.39, 0.29) is 23.2 Å². The Balaban J connectivity index is 0.000000561. The van der Waals surface area contributed by atoms with Gasteiger partial charge in [-0.15, -0.1) is 0 Å². The highest BCUT2D eigenvalue weighted by Gasteiger charge is 2.26. The van der Waals surface area contributed by atoms with Crippen LogP contribution in [0.5, 0.6) is 0 Å². The fourth-order valence-electron chi connectivity index (χ4n) is 1.45. The molecule has 1 N–H and O–H groups in total. The number of pyridine rings is 1. The second-order valence-electron chi connectivity index (χ2n) is 6.27. The summed E-state index contributed by atoms with van der Waals surface area (Å²) in [4.78, 5) is 36.4. The highest BCUT2D eigenvalue weighted by molar-refractivity contribution is 5.79. The third kappa shape index (κ3) is 9.55. The van der Waals surface area contributed by atoms with Crippen LogP contribution in [0.25, 0.3) is 0 Å². The van der Waals surface area contributed by atoms with Gasteiger partial charge in [0.05, 0.1) is 11.6 Å². The molecule has 0 fully saturated rings. The van der Waals surface area contributed by atoms with Crippen molar-refractivity contribution in [3.8, 4) is 0 Å². The van der Waals surface area contributed by atoms with E-state index >= 15 is 0 Å². The van der Waals surface area contributed by atoms with E-state index in [4.69, 9.17) is 14.6 Å². The van der Waals surface area contributed by atoms with Crippen LogP contribution < -0.4 is 0 Å². The number of carbonyl (C=O) groups excluding carboxylic acids is 2. The third-order valence-corrected chi connectivity index (χ3v) is 2.34. The van der Waals surface area contributed by atoms with Crippen LogP contribution in [0, 0.1) is 5.92 Å². The van der Waals surface area contributed by atoms with E-state index in [1.165, 1.54) is 19.2 Å². The van der Waals surface area contributed by atoms with Gasteiger partial charge in [0.25, 0.3) is 0 Å². The minimum Gasteiger partial charge on any atom is -0.478 e. The highest BCUT2D eigenvalue weighted by atomic mass is 16.6. The van der Waals surface area contributed by atoms with Crippen molar-refractivity contribution in [3.05, 3.63) is 30.1 Å². The van der Waals surface area contributed by atoms with Gasteiger partial charge < -0.3 is 14.6 Å². The van der Waals surface area contributed by atoms with Crippen LogP contribution >= 0.6 is 0 Å². The van der Waals surface area contributed by atoms with E-state index in [0.717, 1.165) is 0 Å². The lowest BCUT2D eigenvalue weighted by Crippen LogP contribution is -2.22. The topological polar surface area (TPSA) is 103 Å². The molecule has 1 unspecified atom stereocenters. The third-order valence-electron chi connectivity index (χ3n) is 2.34. The van der Waals surface area contributed by atoms with Crippen molar-refractivity contribution in [2.75, 3.05) is 0 Å². The number of rotatable bonds is 4. The largest absolute Gasteiger partial charge is 0.478 e. The lowest BCUT2D eigenvalue weighted by atomic mass is 10.2. The van der Waals surface area contributed by atoms with Crippen LogP contribution in [0.3, 0.4) is 0 Å². The Labute approximate surface area is 142 Å². The number of nitrogens with zero attached hydrogens (tertiary/aromatic N) is 1. The van der Waals surface area contributed by atoms with Crippen LogP contribution in [0.2, 0.25) is 0 Å². The zero-order valence-electron chi connectivity index (χ0n) is 14.9. The smallest absolute Gasteiger partial charge is 0.351 e. The first-order valence-electron chi connectivity index (χ1n) is 7.48. The number of esters is 2. The van der Waals surface area contributed by atoms with Gasteiger partial charge >= 0.3 is 17.9 Å². The molecule has 0 saturated heterocycles. The predicted molar refractivity (Wildman–Crippen MR) is 87.1 cm³/mol. The zero-order chi connectivity index (χ0) is 18.9. The summed E-state index contributed by atoms with van der Waals surface area (Å²) in [6.07, 6.45) is 0.116. The van der Waals surface area contributed by atoms with Crippen LogP contribution in [-0.2, 0) is 23.9 Å². The molecule has 1 rings (SSSR count). The van der Waals surface area contributed by atoms with E-state index in [1.807, 2.05) is 20.8 Å². The number of carbonyl (C=O) groups is 3. The molecular formula is C17H25NO6. The van der Waals surface area contributed by atoms with E-state index in [0.29, 0.717) is 0 Å². The molecule has 0 saturated carbocycles. The summed E-state index contributed by atoms with van der Waals surface area (Å²) < 4.78 is 9.66. The van der Waals surface area contributed by atoms with Gasteiger partial charge in [-0.1, -0.05) is 19.9 Å². The van der Waals surface area contributed by atoms with Crippen LogP contribution in [0.4, 0.5) is 0 Å². The van der Waals surface area contributed by atoms with Gasteiger partial charge in [0.2, 0.25) is 6.10 Å². The summed E-state index contributed by atoms with van der Waals surface area (Å²) in [5, 5.41) is 8.94. The number of hydrogen-bond acceptors (Lipinski definition) is 6. The summed E-state index contributed by atoms with van der Waals surface area (Å²) in [5.74, 6) is -2.38. The van der Waals surface area contributed by atoms with Gasteiger partial charge in [-0.05, 0) is 32.9 Å². The van der Waals surface area contributed by atoms with Gasteiger partial charge in [-0.2, -0.15) is 0 Å². The summed E-state index contributed by atoms with van der Waals surface area (Å²) in [7, 11) is 0. The number of aromatic nitrogens is 1. The Morgan fingerprint density at radius 3 is 2.04 bits per heavy atom. The van der Waals surface area contributed by atoms with Gasteiger partial charge in [0.15, 0.2) is 0 Å². The molecule has 0 aromatic carbocycles. The first kappa shape index (κ1) is 21.6. The van der Waals surface area contributed by atoms with Crippen LogP contribution in [-0.4, -0.2) is 33.6 Å². The molecule has 24 heavy (non-hydrogen) atoms. The molecule has 0 aliphatic carbocycles. The molecule has 1 heterocycles. The van der Waals surface area contributed by atoms with Crippen molar-refractivity contribution < 1.29 is 29.0 Å². The highest BCUT2D eigenvalue weighted by Crippen LogP contribution is 2.16. The summed E-state index contributed by atoms with van der Waals surface area (Å²) in [6.45, 7) is 10.2. The summed E-state index contributed by atoms with van der Waals surface area (Å²) in [5.41, 5.74) is -0.116. The molecule has 7 heteroatoms. The molecule has 0 aliphatic rings. The molecule has 0 radical (unpaired) electrons. The average Bonchev–Trinajstić information content (AvgIpc) is 2.42. The zero-order valence-corrected chi connectivity index (χ0v) is 14.9. The maximum Gasteiger partial charge on any atom is 0.351 e. The molecular weight excluding hydrogens is 314 g/mol. The van der Waals surface area contributed by atoms with Crippen molar-refractivity contribution in [3.63, 3.8) is 0 Å². The minimum atomic E-state index is -1.34. The van der Waals surface area contributed by atoms with Crippen molar-refractivity contribution in [1.82, 2.24) is 4.98 Å².